The van der Waals surface area contributed by atoms with Gasteiger partial charge in [0.05, 0.1) is 0 Å². The molecule has 0 heterocycles. The molecule has 0 spiro atoms. The quantitative estimate of drug-likeness (QED) is 0.651. The predicted octanol–water partition coefficient (Wildman–Crippen LogP) is 5.57. The molecule has 0 aromatic heterocycles. The highest BCUT2D eigenvalue weighted by atomic mass is 16.3. The summed E-state index contributed by atoms with van der Waals surface area (Å²) in [5, 5.41) is 10.0. The average molecular weight is 268 g/mol. The number of phenols is 1. The first-order valence-corrected chi connectivity index (χ1v) is 7.69. The molecule has 1 nitrogen and oxygen atoms in total. The molecule has 0 radical (unpaired) electrons. The third-order valence-corrected chi connectivity index (χ3v) is 3.76. The monoisotopic (exact) mass is 268 g/mol. The van der Waals surface area contributed by atoms with Crippen LogP contribution in [0.2, 0.25) is 0 Å². The zero-order valence-electron chi connectivity index (χ0n) is 12.3. The van der Waals surface area contributed by atoms with Gasteiger partial charge in [0.2, 0.25) is 0 Å². The van der Waals surface area contributed by atoms with Crippen LogP contribution in [-0.2, 0) is 6.42 Å². The Morgan fingerprint density at radius 2 is 1.40 bits per heavy atom. The number of hydrogen-bond donors (Lipinski definition) is 1. The number of hydrogen-bond acceptors (Lipinski definition) is 1. The topological polar surface area (TPSA) is 20.2 Å². The maximum absolute atomic E-state index is 10.0. The van der Waals surface area contributed by atoms with Crippen molar-refractivity contribution in [1.82, 2.24) is 0 Å². The molecule has 2 rings (SSSR count). The number of benzene rings is 2. The molecular formula is C19H24O. The van der Waals surface area contributed by atoms with Crippen LogP contribution in [0.5, 0.6) is 5.75 Å². The number of unbranched alkanes of at least 4 members (excludes halogenated alkanes) is 4. The maximum Gasteiger partial charge on any atom is 0.123 e. The second kappa shape index (κ2) is 7.74. The van der Waals surface area contributed by atoms with E-state index in [4.69, 9.17) is 0 Å². The van der Waals surface area contributed by atoms with Crippen molar-refractivity contribution in [2.45, 2.75) is 45.4 Å². The lowest BCUT2D eigenvalue weighted by Gasteiger charge is -2.11. The van der Waals surface area contributed by atoms with Crippen LogP contribution in [-0.4, -0.2) is 5.11 Å². The summed E-state index contributed by atoms with van der Waals surface area (Å²) >= 11 is 0. The van der Waals surface area contributed by atoms with Crippen molar-refractivity contribution < 1.29 is 5.11 Å². The van der Waals surface area contributed by atoms with Crippen molar-refractivity contribution in [3.8, 4) is 16.9 Å². The average Bonchev–Trinajstić information content (AvgIpc) is 2.48. The van der Waals surface area contributed by atoms with Crippen LogP contribution < -0.4 is 0 Å². The first kappa shape index (κ1) is 14.6. The number of rotatable bonds is 7. The first-order valence-electron chi connectivity index (χ1n) is 7.69. The summed E-state index contributed by atoms with van der Waals surface area (Å²) in [6.07, 6.45) is 7.56. The smallest absolute Gasteiger partial charge is 0.123 e. The zero-order chi connectivity index (χ0) is 14.2. The standard InChI is InChI=1S/C19H24O/c1-2-3-4-5-6-11-16-12-7-8-13-17(16)18-14-9-10-15-19(18)20/h7-10,12-15,20H,2-6,11H2,1H3. The molecule has 20 heavy (non-hydrogen) atoms. The Hall–Kier alpha value is -1.76. The summed E-state index contributed by atoms with van der Waals surface area (Å²) in [7, 11) is 0. The molecule has 0 amide bonds. The van der Waals surface area contributed by atoms with Crippen molar-refractivity contribution in [3.63, 3.8) is 0 Å². The van der Waals surface area contributed by atoms with Crippen LogP contribution in [0.25, 0.3) is 11.1 Å². The van der Waals surface area contributed by atoms with Gasteiger partial charge in [-0.25, -0.2) is 0 Å². The van der Waals surface area contributed by atoms with E-state index in [1.165, 1.54) is 43.2 Å². The van der Waals surface area contributed by atoms with Crippen molar-refractivity contribution in [1.29, 1.82) is 0 Å². The molecule has 0 saturated carbocycles. The Kier molecular flexibility index (Phi) is 5.67. The maximum atomic E-state index is 10.0. The lowest BCUT2D eigenvalue weighted by Crippen LogP contribution is -1.91. The highest BCUT2D eigenvalue weighted by Crippen LogP contribution is 2.31. The van der Waals surface area contributed by atoms with Gasteiger partial charge in [0.15, 0.2) is 0 Å². The van der Waals surface area contributed by atoms with Crippen LogP contribution in [0.1, 0.15) is 44.6 Å². The van der Waals surface area contributed by atoms with Gasteiger partial charge in [-0.2, -0.15) is 0 Å². The van der Waals surface area contributed by atoms with Crippen LogP contribution in [0, 0.1) is 0 Å². The SMILES string of the molecule is CCCCCCCc1ccccc1-c1ccccc1O. The Morgan fingerprint density at radius 1 is 0.750 bits per heavy atom. The van der Waals surface area contributed by atoms with E-state index in [2.05, 4.69) is 25.1 Å². The van der Waals surface area contributed by atoms with E-state index < -0.39 is 0 Å². The van der Waals surface area contributed by atoms with Gasteiger partial charge in [-0.3, -0.25) is 0 Å². The minimum absolute atomic E-state index is 0.367. The fourth-order valence-corrected chi connectivity index (χ4v) is 2.62. The summed E-state index contributed by atoms with van der Waals surface area (Å²) in [6.45, 7) is 2.24. The first-order chi connectivity index (χ1) is 9.83. The molecule has 0 unspecified atom stereocenters. The summed E-state index contributed by atoms with van der Waals surface area (Å²) < 4.78 is 0. The molecule has 0 aliphatic carbocycles. The molecule has 0 fully saturated rings. The largest absolute Gasteiger partial charge is 0.507 e. The molecule has 2 aromatic rings. The Balaban J connectivity index is 2.09. The molecule has 1 N–H and O–H groups in total. The van der Waals surface area contributed by atoms with E-state index in [1.807, 2.05) is 24.3 Å². The number of para-hydroxylation sites is 1. The van der Waals surface area contributed by atoms with Crippen molar-refractivity contribution in [2.75, 3.05) is 0 Å². The van der Waals surface area contributed by atoms with E-state index in [0.717, 1.165) is 12.0 Å². The highest BCUT2D eigenvalue weighted by Gasteiger charge is 2.07. The third kappa shape index (κ3) is 3.86. The summed E-state index contributed by atoms with van der Waals surface area (Å²) in [4.78, 5) is 0. The predicted molar refractivity (Wildman–Crippen MR) is 86.0 cm³/mol. The van der Waals surface area contributed by atoms with Gasteiger partial charge in [0, 0.05) is 5.56 Å². The normalized spacial score (nSPS) is 10.7. The van der Waals surface area contributed by atoms with Gasteiger partial charge in [-0.1, -0.05) is 75.1 Å². The molecule has 0 aliphatic rings. The summed E-state index contributed by atoms with van der Waals surface area (Å²) in [5.74, 6) is 0.367. The lowest BCUT2D eigenvalue weighted by atomic mass is 9.95. The number of phenolic OH excluding ortho intramolecular Hbond substituents is 1. The molecule has 106 valence electrons. The Labute approximate surface area is 122 Å². The molecule has 2 aromatic carbocycles. The zero-order valence-corrected chi connectivity index (χ0v) is 12.3. The van der Waals surface area contributed by atoms with Crippen LogP contribution in [0.15, 0.2) is 48.5 Å². The molecule has 1 heteroatoms. The van der Waals surface area contributed by atoms with Gasteiger partial charge >= 0.3 is 0 Å². The van der Waals surface area contributed by atoms with Crippen LogP contribution in [0.4, 0.5) is 0 Å². The Bertz CT molecular complexity index is 531. The van der Waals surface area contributed by atoms with E-state index in [9.17, 15) is 5.11 Å². The van der Waals surface area contributed by atoms with Gasteiger partial charge in [-0.05, 0) is 30.0 Å². The second-order valence-corrected chi connectivity index (χ2v) is 5.34. The van der Waals surface area contributed by atoms with Gasteiger partial charge in [0.25, 0.3) is 0 Å². The summed E-state index contributed by atoms with van der Waals surface area (Å²) in [5.41, 5.74) is 3.45. The lowest BCUT2D eigenvalue weighted by molar-refractivity contribution is 0.477. The van der Waals surface area contributed by atoms with Gasteiger partial charge in [0.1, 0.15) is 5.75 Å². The fourth-order valence-electron chi connectivity index (χ4n) is 2.62. The number of aromatic hydroxyl groups is 1. The van der Waals surface area contributed by atoms with Crippen molar-refractivity contribution in [2.24, 2.45) is 0 Å². The molecular weight excluding hydrogens is 244 g/mol. The van der Waals surface area contributed by atoms with Crippen molar-refractivity contribution in [3.05, 3.63) is 54.1 Å². The minimum Gasteiger partial charge on any atom is -0.507 e. The van der Waals surface area contributed by atoms with E-state index in [0.29, 0.717) is 5.75 Å². The molecule has 0 atom stereocenters. The van der Waals surface area contributed by atoms with E-state index in [-0.39, 0.29) is 0 Å². The molecule has 0 saturated heterocycles. The molecule has 0 bridgehead atoms. The number of aryl methyl sites for hydroxylation is 1. The van der Waals surface area contributed by atoms with Gasteiger partial charge < -0.3 is 5.11 Å². The summed E-state index contributed by atoms with van der Waals surface area (Å²) in [6, 6.07) is 16.0. The minimum atomic E-state index is 0.367. The fraction of sp³-hybridized carbons (Fsp3) is 0.368. The van der Waals surface area contributed by atoms with E-state index >= 15 is 0 Å². The Morgan fingerprint density at radius 3 is 2.15 bits per heavy atom. The van der Waals surface area contributed by atoms with Crippen molar-refractivity contribution >= 4 is 0 Å². The van der Waals surface area contributed by atoms with Crippen LogP contribution in [0.3, 0.4) is 0 Å². The third-order valence-electron chi connectivity index (χ3n) is 3.76. The van der Waals surface area contributed by atoms with Gasteiger partial charge in [-0.15, -0.1) is 0 Å². The second-order valence-electron chi connectivity index (χ2n) is 5.34. The van der Waals surface area contributed by atoms with Crippen LogP contribution >= 0.6 is 0 Å². The molecule has 0 aliphatic heterocycles. The van der Waals surface area contributed by atoms with E-state index in [1.54, 1.807) is 6.07 Å². The highest BCUT2D eigenvalue weighted by molar-refractivity contribution is 5.72.